The van der Waals surface area contributed by atoms with E-state index in [-0.39, 0.29) is 18.2 Å². The van der Waals surface area contributed by atoms with Crippen molar-refractivity contribution in [1.82, 2.24) is 14.9 Å². The lowest BCUT2D eigenvalue weighted by Gasteiger charge is -2.22. The smallest absolute Gasteiger partial charge is 0.331 e. The molecule has 1 aromatic heterocycles. The van der Waals surface area contributed by atoms with Crippen molar-refractivity contribution in [3.63, 3.8) is 0 Å². The van der Waals surface area contributed by atoms with Crippen molar-refractivity contribution in [2.24, 2.45) is 0 Å². The van der Waals surface area contributed by atoms with Gasteiger partial charge < -0.3 is 10.4 Å². The highest BCUT2D eigenvalue weighted by molar-refractivity contribution is 5.96. The molecule has 0 saturated heterocycles. The number of aromatic amines is 1. The van der Waals surface area contributed by atoms with E-state index in [1.807, 2.05) is 0 Å². The van der Waals surface area contributed by atoms with Crippen molar-refractivity contribution in [2.45, 2.75) is 77.3 Å². The van der Waals surface area contributed by atoms with Crippen LogP contribution in [0.5, 0.6) is 5.88 Å². The molecule has 7 nitrogen and oxygen atoms in total. The van der Waals surface area contributed by atoms with Crippen LogP contribution in [-0.4, -0.2) is 26.6 Å². The van der Waals surface area contributed by atoms with E-state index >= 15 is 0 Å². The summed E-state index contributed by atoms with van der Waals surface area (Å²) in [6.45, 7) is 2.36. The van der Waals surface area contributed by atoms with Crippen LogP contribution in [0.2, 0.25) is 0 Å². The summed E-state index contributed by atoms with van der Waals surface area (Å²) >= 11 is 0. The van der Waals surface area contributed by atoms with Crippen LogP contribution in [0, 0.1) is 0 Å². The molecule has 0 atom stereocenters. The number of hydrogen-bond donors (Lipinski definition) is 3. The third-order valence-corrected chi connectivity index (χ3v) is 4.57. The second-order valence-corrected chi connectivity index (χ2v) is 6.48. The van der Waals surface area contributed by atoms with Crippen molar-refractivity contribution in [3.05, 3.63) is 26.4 Å². The van der Waals surface area contributed by atoms with Crippen LogP contribution in [0.1, 0.15) is 75.1 Å². The molecular formula is C17H27N3O4. The summed E-state index contributed by atoms with van der Waals surface area (Å²) in [4.78, 5) is 38.4. The Balaban J connectivity index is 2.17. The molecule has 134 valence electrons. The number of carbonyl (C=O) groups is 1. The molecule has 1 heterocycles. The third kappa shape index (κ3) is 4.49. The zero-order valence-corrected chi connectivity index (χ0v) is 14.3. The van der Waals surface area contributed by atoms with Crippen LogP contribution in [0.25, 0.3) is 0 Å². The highest BCUT2D eigenvalue weighted by Gasteiger charge is 2.24. The van der Waals surface area contributed by atoms with E-state index in [1.54, 1.807) is 0 Å². The molecule has 0 aromatic carbocycles. The van der Waals surface area contributed by atoms with E-state index in [0.29, 0.717) is 6.42 Å². The highest BCUT2D eigenvalue weighted by Crippen LogP contribution is 2.18. The molecule has 2 rings (SSSR count). The molecule has 1 aromatic rings. The van der Waals surface area contributed by atoms with Gasteiger partial charge in [-0.2, -0.15) is 0 Å². The Morgan fingerprint density at radius 2 is 1.92 bits per heavy atom. The number of aromatic hydroxyl groups is 1. The van der Waals surface area contributed by atoms with E-state index in [1.165, 1.54) is 0 Å². The van der Waals surface area contributed by atoms with Crippen LogP contribution in [0.3, 0.4) is 0 Å². The molecule has 0 spiro atoms. The fraction of sp³-hybridized carbons (Fsp3) is 0.706. The van der Waals surface area contributed by atoms with Crippen molar-refractivity contribution in [3.8, 4) is 5.88 Å². The second kappa shape index (κ2) is 8.70. The van der Waals surface area contributed by atoms with E-state index in [9.17, 15) is 19.5 Å². The molecule has 3 N–H and O–H groups in total. The Morgan fingerprint density at radius 3 is 2.58 bits per heavy atom. The summed E-state index contributed by atoms with van der Waals surface area (Å²) in [5.74, 6) is -1.14. The maximum absolute atomic E-state index is 12.4. The van der Waals surface area contributed by atoms with E-state index in [4.69, 9.17) is 0 Å². The Bertz CT molecular complexity index is 671. The molecule has 0 aliphatic heterocycles. The first-order chi connectivity index (χ1) is 11.5. The van der Waals surface area contributed by atoms with Crippen molar-refractivity contribution >= 4 is 5.91 Å². The number of hydrogen-bond acceptors (Lipinski definition) is 4. The topological polar surface area (TPSA) is 104 Å². The summed E-state index contributed by atoms with van der Waals surface area (Å²) < 4.78 is 1.08. The Hall–Kier alpha value is -2.05. The monoisotopic (exact) mass is 337 g/mol. The van der Waals surface area contributed by atoms with Gasteiger partial charge in [-0.3, -0.25) is 19.1 Å². The Kier molecular flexibility index (Phi) is 6.63. The number of amides is 1. The van der Waals surface area contributed by atoms with Gasteiger partial charge in [-0.25, -0.2) is 4.79 Å². The maximum atomic E-state index is 12.4. The first-order valence-electron chi connectivity index (χ1n) is 8.91. The fourth-order valence-electron chi connectivity index (χ4n) is 3.17. The molecule has 1 fully saturated rings. The number of nitrogens with zero attached hydrogens (tertiary/aromatic N) is 1. The molecule has 0 bridgehead atoms. The van der Waals surface area contributed by atoms with Gasteiger partial charge >= 0.3 is 5.69 Å². The summed E-state index contributed by atoms with van der Waals surface area (Å²) in [5.41, 5.74) is -1.88. The lowest BCUT2D eigenvalue weighted by atomic mass is 9.95. The number of nitrogens with one attached hydrogen (secondary N) is 2. The van der Waals surface area contributed by atoms with Gasteiger partial charge in [-0.15, -0.1) is 0 Å². The minimum atomic E-state index is -0.837. The van der Waals surface area contributed by atoms with Gasteiger partial charge in [0.05, 0.1) is 0 Å². The van der Waals surface area contributed by atoms with Gasteiger partial charge in [0.15, 0.2) is 5.56 Å². The molecule has 1 aliphatic carbocycles. The predicted molar refractivity (Wildman–Crippen MR) is 91.5 cm³/mol. The number of rotatable bonds is 7. The van der Waals surface area contributed by atoms with Crippen LogP contribution < -0.4 is 16.6 Å². The zero-order valence-electron chi connectivity index (χ0n) is 14.3. The quantitative estimate of drug-likeness (QED) is 0.661. The molecule has 1 saturated carbocycles. The van der Waals surface area contributed by atoms with Crippen LogP contribution >= 0.6 is 0 Å². The Morgan fingerprint density at radius 1 is 1.21 bits per heavy atom. The summed E-state index contributed by atoms with van der Waals surface area (Å²) in [7, 11) is 0. The van der Waals surface area contributed by atoms with Crippen molar-refractivity contribution < 1.29 is 9.90 Å². The lowest BCUT2D eigenvalue weighted by Crippen LogP contribution is -2.41. The normalized spacial score (nSPS) is 15.4. The molecule has 1 aliphatic rings. The van der Waals surface area contributed by atoms with Gasteiger partial charge in [0.1, 0.15) is 0 Å². The number of unbranched alkanes of at least 4 members (excludes halogenated alkanes) is 3. The average Bonchev–Trinajstić information content (AvgIpc) is 2.54. The van der Waals surface area contributed by atoms with Crippen LogP contribution in [0.15, 0.2) is 9.59 Å². The molecule has 7 heteroatoms. The van der Waals surface area contributed by atoms with Crippen molar-refractivity contribution in [1.29, 1.82) is 0 Å². The first-order valence-corrected chi connectivity index (χ1v) is 8.91. The third-order valence-electron chi connectivity index (χ3n) is 4.57. The number of H-pyrrole nitrogens is 1. The zero-order chi connectivity index (χ0) is 17.5. The largest absolute Gasteiger partial charge is 0.494 e. The lowest BCUT2D eigenvalue weighted by molar-refractivity contribution is 0.0921. The van der Waals surface area contributed by atoms with Crippen molar-refractivity contribution in [2.75, 3.05) is 0 Å². The van der Waals surface area contributed by atoms with Gasteiger partial charge in [-0.05, 0) is 19.3 Å². The minimum absolute atomic E-state index is 0.0231. The maximum Gasteiger partial charge on any atom is 0.331 e. The highest BCUT2D eigenvalue weighted by atomic mass is 16.3. The van der Waals surface area contributed by atoms with Gasteiger partial charge in [0.2, 0.25) is 5.88 Å². The summed E-state index contributed by atoms with van der Waals surface area (Å²) in [6.07, 6.45) is 8.72. The number of aromatic nitrogens is 2. The van der Waals surface area contributed by atoms with Gasteiger partial charge in [0.25, 0.3) is 11.5 Å². The van der Waals surface area contributed by atoms with Crippen LogP contribution in [-0.2, 0) is 6.54 Å². The summed E-state index contributed by atoms with van der Waals surface area (Å²) in [6, 6.07) is 0.0231. The van der Waals surface area contributed by atoms with E-state index in [0.717, 1.165) is 55.9 Å². The molecule has 24 heavy (non-hydrogen) atoms. The fourth-order valence-corrected chi connectivity index (χ4v) is 3.17. The molecule has 1 amide bonds. The first kappa shape index (κ1) is 18.3. The van der Waals surface area contributed by atoms with E-state index in [2.05, 4.69) is 17.2 Å². The molecule has 0 radical (unpaired) electrons. The van der Waals surface area contributed by atoms with Gasteiger partial charge in [-0.1, -0.05) is 45.4 Å². The second-order valence-electron chi connectivity index (χ2n) is 6.48. The molecular weight excluding hydrogens is 310 g/mol. The van der Waals surface area contributed by atoms with E-state index < -0.39 is 23.0 Å². The van der Waals surface area contributed by atoms with Crippen LogP contribution in [0.4, 0.5) is 0 Å². The standard InChI is InChI=1S/C17H27N3O4/c1-2-3-4-8-11-20-16(23)13(15(22)19-17(20)24)14(21)18-12-9-6-5-7-10-12/h12,23H,2-11H2,1H3,(H,18,21)(H,19,22,24). The number of carbonyl (C=O) groups excluding carboxylic acids is 1. The molecule has 0 unspecified atom stereocenters. The minimum Gasteiger partial charge on any atom is -0.494 e. The average molecular weight is 337 g/mol. The Labute approximate surface area is 141 Å². The summed E-state index contributed by atoms with van der Waals surface area (Å²) in [5, 5.41) is 13.1. The predicted octanol–water partition coefficient (Wildman–Crippen LogP) is 1.89. The van der Waals surface area contributed by atoms with Gasteiger partial charge in [0, 0.05) is 12.6 Å². The SMILES string of the molecule is CCCCCCn1c(O)c(C(=O)NC2CCCCC2)c(=O)[nH]c1=O.